The molecule has 0 aliphatic rings. The Labute approximate surface area is 132 Å². The molecule has 2 aromatic rings. The SMILES string of the molecule is COc1ccc(C(O)CNc2c(Cl)cc(F)cc2Cl)cc1. The van der Waals surface area contributed by atoms with E-state index >= 15 is 0 Å². The number of hydrogen-bond donors (Lipinski definition) is 2. The van der Waals surface area contributed by atoms with Gasteiger partial charge in [-0.25, -0.2) is 4.39 Å². The molecule has 3 nitrogen and oxygen atoms in total. The Morgan fingerprint density at radius 1 is 1.19 bits per heavy atom. The number of aliphatic hydroxyl groups excluding tert-OH is 1. The molecule has 0 saturated carbocycles. The Morgan fingerprint density at radius 3 is 2.29 bits per heavy atom. The summed E-state index contributed by atoms with van der Waals surface area (Å²) in [5, 5.41) is 13.4. The van der Waals surface area contributed by atoms with Gasteiger partial charge in [0.25, 0.3) is 0 Å². The quantitative estimate of drug-likeness (QED) is 0.859. The Kier molecular flexibility index (Phi) is 5.28. The molecule has 6 heteroatoms. The molecule has 1 atom stereocenters. The van der Waals surface area contributed by atoms with Gasteiger partial charge in [0.2, 0.25) is 0 Å². The van der Waals surface area contributed by atoms with Crippen molar-refractivity contribution in [1.82, 2.24) is 0 Å². The number of nitrogens with one attached hydrogen (secondary N) is 1. The second kappa shape index (κ2) is 6.98. The number of halogens is 3. The van der Waals surface area contributed by atoms with Gasteiger partial charge in [0.15, 0.2) is 0 Å². The van der Waals surface area contributed by atoms with Crippen LogP contribution in [0.5, 0.6) is 5.75 Å². The molecule has 2 aromatic carbocycles. The van der Waals surface area contributed by atoms with Gasteiger partial charge in [-0.1, -0.05) is 35.3 Å². The van der Waals surface area contributed by atoms with Crippen LogP contribution in [-0.4, -0.2) is 18.8 Å². The zero-order chi connectivity index (χ0) is 15.4. The minimum atomic E-state index is -0.756. The number of aliphatic hydroxyl groups is 1. The van der Waals surface area contributed by atoms with E-state index in [9.17, 15) is 9.50 Å². The molecular formula is C15H14Cl2FNO2. The van der Waals surface area contributed by atoms with Crippen LogP contribution >= 0.6 is 23.2 Å². The maximum absolute atomic E-state index is 13.1. The van der Waals surface area contributed by atoms with Gasteiger partial charge in [0.1, 0.15) is 11.6 Å². The lowest BCUT2D eigenvalue weighted by Crippen LogP contribution is -2.12. The molecule has 2 rings (SSSR count). The molecule has 112 valence electrons. The highest BCUT2D eigenvalue weighted by Gasteiger charge is 2.12. The summed E-state index contributed by atoms with van der Waals surface area (Å²) in [4.78, 5) is 0. The molecule has 0 spiro atoms. The molecule has 0 amide bonds. The highest BCUT2D eigenvalue weighted by atomic mass is 35.5. The van der Waals surface area contributed by atoms with Gasteiger partial charge >= 0.3 is 0 Å². The Hall–Kier alpha value is -1.49. The topological polar surface area (TPSA) is 41.5 Å². The molecule has 0 bridgehead atoms. The number of rotatable bonds is 5. The van der Waals surface area contributed by atoms with Gasteiger partial charge in [-0.3, -0.25) is 0 Å². The largest absolute Gasteiger partial charge is 0.497 e. The summed E-state index contributed by atoms with van der Waals surface area (Å²) in [6, 6.07) is 9.37. The third-order valence-corrected chi connectivity index (χ3v) is 3.58. The molecule has 0 aliphatic carbocycles. The normalized spacial score (nSPS) is 12.0. The van der Waals surface area contributed by atoms with E-state index in [1.165, 1.54) is 0 Å². The summed E-state index contributed by atoms with van der Waals surface area (Å²) in [6.07, 6.45) is -0.756. The van der Waals surface area contributed by atoms with Crippen molar-refractivity contribution in [3.05, 3.63) is 57.8 Å². The van der Waals surface area contributed by atoms with E-state index in [1.54, 1.807) is 31.4 Å². The van der Waals surface area contributed by atoms with Gasteiger partial charge in [0.05, 0.1) is 28.9 Å². The van der Waals surface area contributed by atoms with Crippen LogP contribution in [0.2, 0.25) is 10.0 Å². The van der Waals surface area contributed by atoms with Gasteiger partial charge in [-0.05, 0) is 29.8 Å². The van der Waals surface area contributed by atoms with Crippen LogP contribution in [-0.2, 0) is 0 Å². The van der Waals surface area contributed by atoms with Crippen molar-refractivity contribution >= 4 is 28.9 Å². The number of methoxy groups -OCH3 is 1. The van der Waals surface area contributed by atoms with Crippen molar-refractivity contribution in [2.24, 2.45) is 0 Å². The summed E-state index contributed by atoms with van der Waals surface area (Å²) < 4.78 is 18.1. The first kappa shape index (κ1) is 15.9. The van der Waals surface area contributed by atoms with Crippen LogP contribution in [0.25, 0.3) is 0 Å². The van der Waals surface area contributed by atoms with Crippen molar-refractivity contribution in [1.29, 1.82) is 0 Å². The molecule has 0 aliphatic heterocycles. The van der Waals surface area contributed by atoms with E-state index in [1.807, 2.05) is 0 Å². The predicted molar refractivity (Wildman–Crippen MR) is 82.9 cm³/mol. The standard InChI is InChI=1S/C15H14Cl2FNO2/c1-21-11-4-2-9(3-5-11)14(20)8-19-15-12(16)6-10(18)7-13(15)17/h2-7,14,19-20H,8H2,1H3. The molecular weight excluding hydrogens is 316 g/mol. The van der Waals surface area contributed by atoms with E-state index in [4.69, 9.17) is 27.9 Å². The molecule has 2 N–H and O–H groups in total. The molecule has 0 radical (unpaired) electrons. The van der Waals surface area contributed by atoms with Crippen LogP contribution in [0, 0.1) is 5.82 Å². The first-order chi connectivity index (χ1) is 10.0. The molecule has 1 unspecified atom stereocenters. The number of benzene rings is 2. The fourth-order valence-corrected chi connectivity index (χ4v) is 2.45. The Bertz CT molecular complexity index is 597. The summed E-state index contributed by atoms with van der Waals surface area (Å²) in [5.74, 6) is 0.204. The number of hydrogen-bond acceptors (Lipinski definition) is 3. The smallest absolute Gasteiger partial charge is 0.126 e. The zero-order valence-electron chi connectivity index (χ0n) is 11.2. The summed E-state index contributed by atoms with van der Waals surface area (Å²) in [6.45, 7) is 0.192. The van der Waals surface area contributed by atoms with E-state index in [2.05, 4.69) is 5.32 Å². The number of ether oxygens (including phenoxy) is 1. The second-order valence-electron chi connectivity index (χ2n) is 4.41. The third kappa shape index (κ3) is 4.00. The summed E-state index contributed by atoms with van der Waals surface area (Å²) in [5.41, 5.74) is 1.12. The minimum Gasteiger partial charge on any atom is -0.497 e. The van der Waals surface area contributed by atoms with E-state index in [0.29, 0.717) is 11.4 Å². The van der Waals surface area contributed by atoms with Crippen molar-refractivity contribution < 1.29 is 14.2 Å². The third-order valence-electron chi connectivity index (χ3n) is 2.98. The van der Waals surface area contributed by atoms with Crippen LogP contribution in [0.15, 0.2) is 36.4 Å². The van der Waals surface area contributed by atoms with E-state index in [0.717, 1.165) is 17.7 Å². The molecule has 0 aromatic heterocycles. The number of anilines is 1. The van der Waals surface area contributed by atoms with Gasteiger partial charge in [-0.2, -0.15) is 0 Å². The molecule has 0 heterocycles. The van der Waals surface area contributed by atoms with E-state index in [-0.39, 0.29) is 16.6 Å². The van der Waals surface area contributed by atoms with Crippen molar-refractivity contribution in [3.8, 4) is 5.75 Å². The van der Waals surface area contributed by atoms with Crippen molar-refractivity contribution in [2.45, 2.75) is 6.10 Å². The van der Waals surface area contributed by atoms with Crippen molar-refractivity contribution in [2.75, 3.05) is 19.0 Å². The van der Waals surface area contributed by atoms with Gasteiger partial charge in [-0.15, -0.1) is 0 Å². The summed E-state index contributed by atoms with van der Waals surface area (Å²) in [7, 11) is 1.57. The molecule has 0 fully saturated rings. The Balaban J connectivity index is 2.05. The van der Waals surface area contributed by atoms with Crippen molar-refractivity contribution in [3.63, 3.8) is 0 Å². The average molecular weight is 330 g/mol. The highest BCUT2D eigenvalue weighted by Crippen LogP contribution is 2.31. The lowest BCUT2D eigenvalue weighted by molar-refractivity contribution is 0.191. The maximum atomic E-state index is 13.1. The first-order valence-electron chi connectivity index (χ1n) is 6.21. The Morgan fingerprint density at radius 2 is 1.76 bits per heavy atom. The summed E-state index contributed by atoms with van der Waals surface area (Å²) >= 11 is 11.8. The molecule has 21 heavy (non-hydrogen) atoms. The average Bonchev–Trinajstić information content (AvgIpc) is 2.46. The first-order valence-corrected chi connectivity index (χ1v) is 6.97. The zero-order valence-corrected chi connectivity index (χ0v) is 12.7. The van der Waals surface area contributed by atoms with E-state index < -0.39 is 11.9 Å². The minimum absolute atomic E-state index is 0.168. The van der Waals surface area contributed by atoms with Crippen LogP contribution in [0.4, 0.5) is 10.1 Å². The van der Waals surface area contributed by atoms with Crippen LogP contribution in [0.1, 0.15) is 11.7 Å². The van der Waals surface area contributed by atoms with Crippen LogP contribution in [0.3, 0.4) is 0 Å². The lowest BCUT2D eigenvalue weighted by Gasteiger charge is -2.15. The fourth-order valence-electron chi connectivity index (χ4n) is 1.85. The van der Waals surface area contributed by atoms with Gasteiger partial charge in [0, 0.05) is 6.54 Å². The maximum Gasteiger partial charge on any atom is 0.126 e. The molecule has 0 saturated heterocycles. The lowest BCUT2D eigenvalue weighted by atomic mass is 10.1. The predicted octanol–water partition coefficient (Wildman–Crippen LogP) is 4.29. The monoisotopic (exact) mass is 329 g/mol. The highest BCUT2D eigenvalue weighted by molar-refractivity contribution is 6.39. The fraction of sp³-hybridized carbons (Fsp3) is 0.200. The second-order valence-corrected chi connectivity index (χ2v) is 5.23. The van der Waals surface area contributed by atoms with Crippen LogP contribution < -0.4 is 10.1 Å². The van der Waals surface area contributed by atoms with Gasteiger partial charge < -0.3 is 15.2 Å².